The van der Waals surface area contributed by atoms with Crippen LogP contribution in [0, 0.1) is 0 Å². The zero-order valence-electron chi connectivity index (χ0n) is 9.74. The number of para-hydroxylation sites is 1. The zero-order chi connectivity index (χ0) is 11.5. The number of nitrogens with one attached hydrogen (secondary N) is 1. The van der Waals surface area contributed by atoms with Crippen molar-refractivity contribution in [3.8, 4) is 0 Å². The highest BCUT2D eigenvalue weighted by atomic mass is 16.2. The molecule has 3 nitrogen and oxygen atoms in total. The van der Waals surface area contributed by atoms with Gasteiger partial charge in [0.2, 0.25) is 5.91 Å². The van der Waals surface area contributed by atoms with Crippen molar-refractivity contribution in [3.63, 3.8) is 0 Å². The second-order valence-corrected chi connectivity index (χ2v) is 4.51. The highest BCUT2D eigenvalue weighted by Crippen LogP contribution is 2.20. The van der Waals surface area contributed by atoms with Crippen LogP contribution < -0.4 is 10.4 Å². The van der Waals surface area contributed by atoms with E-state index in [0.717, 1.165) is 5.69 Å². The monoisotopic (exact) mass is 206 g/mol. The second-order valence-electron chi connectivity index (χ2n) is 4.51. The third-order valence-electron chi connectivity index (χ3n) is 1.95. The normalized spacial score (nSPS) is 10.9. The predicted molar refractivity (Wildman–Crippen MR) is 62.5 cm³/mol. The molecular formula is C12H18N2O. The summed E-state index contributed by atoms with van der Waals surface area (Å²) in [5, 5.41) is 1.87. The Labute approximate surface area is 91.1 Å². The lowest BCUT2D eigenvalue weighted by molar-refractivity contribution is -0.119. The van der Waals surface area contributed by atoms with E-state index in [9.17, 15) is 4.79 Å². The van der Waals surface area contributed by atoms with Crippen LogP contribution in [0.1, 0.15) is 27.7 Å². The highest BCUT2D eigenvalue weighted by molar-refractivity contribution is 5.75. The summed E-state index contributed by atoms with van der Waals surface area (Å²) >= 11 is 0. The van der Waals surface area contributed by atoms with Crippen LogP contribution in [0.5, 0.6) is 0 Å². The van der Waals surface area contributed by atoms with Gasteiger partial charge in [0.05, 0.1) is 11.2 Å². The molecule has 0 aliphatic rings. The minimum Gasteiger partial charge on any atom is -0.280 e. The molecule has 1 N–H and O–H groups in total. The van der Waals surface area contributed by atoms with Crippen LogP contribution in [0.2, 0.25) is 0 Å². The van der Waals surface area contributed by atoms with Crippen molar-refractivity contribution in [1.82, 2.24) is 5.43 Å². The maximum atomic E-state index is 11.1. The first-order valence-electron chi connectivity index (χ1n) is 5.04. The van der Waals surface area contributed by atoms with Crippen LogP contribution in [0.4, 0.5) is 5.69 Å². The second kappa shape index (κ2) is 4.34. The van der Waals surface area contributed by atoms with Crippen molar-refractivity contribution in [2.24, 2.45) is 0 Å². The molecule has 0 aromatic heterocycles. The topological polar surface area (TPSA) is 32.3 Å². The lowest BCUT2D eigenvalue weighted by Gasteiger charge is -2.37. The molecule has 82 valence electrons. The first-order valence-corrected chi connectivity index (χ1v) is 5.04. The molecule has 0 saturated carbocycles. The van der Waals surface area contributed by atoms with E-state index < -0.39 is 0 Å². The van der Waals surface area contributed by atoms with Crippen molar-refractivity contribution in [3.05, 3.63) is 30.3 Å². The molecule has 0 spiro atoms. The largest absolute Gasteiger partial charge is 0.280 e. The molecule has 0 aliphatic heterocycles. The Morgan fingerprint density at radius 3 is 2.13 bits per heavy atom. The fourth-order valence-electron chi connectivity index (χ4n) is 1.35. The van der Waals surface area contributed by atoms with Crippen molar-refractivity contribution < 1.29 is 4.79 Å². The Kier molecular flexibility index (Phi) is 3.35. The van der Waals surface area contributed by atoms with Crippen LogP contribution in [0.3, 0.4) is 0 Å². The maximum absolute atomic E-state index is 11.1. The van der Waals surface area contributed by atoms with Gasteiger partial charge in [0.1, 0.15) is 0 Å². The van der Waals surface area contributed by atoms with Crippen LogP contribution in [0.15, 0.2) is 30.3 Å². The first kappa shape index (κ1) is 11.6. The number of hydrogen-bond acceptors (Lipinski definition) is 2. The van der Waals surface area contributed by atoms with Gasteiger partial charge >= 0.3 is 0 Å². The van der Waals surface area contributed by atoms with Gasteiger partial charge in [-0.15, -0.1) is 0 Å². The van der Waals surface area contributed by atoms with Crippen molar-refractivity contribution in [2.45, 2.75) is 33.2 Å². The zero-order valence-corrected chi connectivity index (χ0v) is 9.74. The van der Waals surface area contributed by atoms with E-state index >= 15 is 0 Å². The molecule has 0 saturated heterocycles. The molecule has 0 unspecified atom stereocenters. The number of benzene rings is 1. The van der Waals surface area contributed by atoms with Crippen molar-refractivity contribution in [1.29, 1.82) is 0 Å². The van der Waals surface area contributed by atoms with Gasteiger partial charge in [-0.25, -0.2) is 0 Å². The van der Waals surface area contributed by atoms with E-state index in [1.807, 2.05) is 35.3 Å². The molecule has 0 aliphatic carbocycles. The maximum Gasteiger partial charge on any atom is 0.235 e. The number of amides is 1. The number of hydrazine groups is 1. The third-order valence-corrected chi connectivity index (χ3v) is 1.95. The van der Waals surface area contributed by atoms with Crippen LogP contribution in [0.25, 0.3) is 0 Å². The van der Waals surface area contributed by atoms with E-state index in [1.54, 1.807) is 0 Å². The standard InChI is InChI=1S/C12H18N2O/c1-10(15)13-14(12(2,3)4)11-8-6-5-7-9-11/h5-9H,1-4H3,(H,13,15). The molecule has 0 fully saturated rings. The lowest BCUT2D eigenvalue weighted by atomic mass is 10.1. The van der Waals surface area contributed by atoms with Gasteiger partial charge in [0.25, 0.3) is 0 Å². The van der Waals surface area contributed by atoms with E-state index in [4.69, 9.17) is 0 Å². The van der Waals surface area contributed by atoms with Gasteiger partial charge in [-0.3, -0.25) is 15.2 Å². The fraction of sp³-hybridized carbons (Fsp3) is 0.417. The molecule has 1 aromatic rings. The van der Waals surface area contributed by atoms with Crippen LogP contribution in [-0.4, -0.2) is 11.4 Å². The Balaban J connectivity index is 2.97. The minimum atomic E-state index is -0.146. The molecule has 0 heterocycles. The summed E-state index contributed by atoms with van der Waals surface area (Å²) in [6, 6.07) is 9.81. The summed E-state index contributed by atoms with van der Waals surface area (Å²) in [4.78, 5) is 11.1. The first-order chi connectivity index (χ1) is 6.91. The Bertz CT molecular complexity index is 327. The summed E-state index contributed by atoms with van der Waals surface area (Å²) < 4.78 is 0. The van der Waals surface area contributed by atoms with Gasteiger partial charge < -0.3 is 0 Å². The van der Waals surface area contributed by atoms with Crippen molar-refractivity contribution in [2.75, 3.05) is 5.01 Å². The van der Waals surface area contributed by atoms with Crippen LogP contribution in [-0.2, 0) is 4.79 Å². The average Bonchev–Trinajstić information content (AvgIpc) is 2.14. The Morgan fingerprint density at radius 2 is 1.73 bits per heavy atom. The fourth-order valence-corrected chi connectivity index (χ4v) is 1.35. The number of carbonyl (C=O) groups excluding carboxylic acids is 1. The predicted octanol–water partition coefficient (Wildman–Crippen LogP) is 2.34. The summed E-state index contributed by atoms with van der Waals surface area (Å²) in [7, 11) is 0. The molecule has 1 amide bonds. The molecule has 0 atom stereocenters. The highest BCUT2D eigenvalue weighted by Gasteiger charge is 2.22. The van der Waals surface area contributed by atoms with Gasteiger partial charge in [0.15, 0.2) is 0 Å². The Hall–Kier alpha value is -1.51. The van der Waals surface area contributed by atoms with Gasteiger partial charge in [-0.2, -0.15) is 0 Å². The summed E-state index contributed by atoms with van der Waals surface area (Å²) in [5.74, 6) is -0.0613. The average molecular weight is 206 g/mol. The minimum absolute atomic E-state index is 0.0613. The van der Waals surface area contributed by atoms with E-state index in [0.29, 0.717) is 0 Å². The number of hydrogen-bond donors (Lipinski definition) is 1. The lowest BCUT2D eigenvalue weighted by Crippen LogP contribution is -2.52. The van der Waals surface area contributed by atoms with Crippen LogP contribution >= 0.6 is 0 Å². The molecular weight excluding hydrogens is 188 g/mol. The third kappa shape index (κ3) is 3.27. The number of rotatable bonds is 2. The van der Waals surface area contributed by atoms with E-state index in [-0.39, 0.29) is 11.4 Å². The van der Waals surface area contributed by atoms with Gasteiger partial charge in [-0.1, -0.05) is 18.2 Å². The summed E-state index contributed by atoms with van der Waals surface area (Å²) in [5.41, 5.74) is 3.67. The van der Waals surface area contributed by atoms with Crippen molar-refractivity contribution >= 4 is 11.6 Å². The summed E-state index contributed by atoms with van der Waals surface area (Å²) in [6.07, 6.45) is 0. The molecule has 0 radical (unpaired) electrons. The molecule has 1 aromatic carbocycles. The Morgan fingerprint density at radius 1 is 1.20 bits per heavy atom. The number of anilines is 1. The van der Waals surface area contributed by atoms with Gasteiger partial charge in [-0.05, 0) is 32.9 Å². The molecule has 3 heteroatoms. The number of nitrogens with zero attached hydrogens (tertiary/aromatic N) is 1. The number of carbonyl (C=O) groups is 1. The quantitative estimate of drug-likeness (QED) is 0.753. The summed E-state index contributed by atoms with van der Waals surface area (Å²) in [6.45, 7) is 7.67. The van der Waals surface area contributed by atoms with Gasteiger partial charge in [0, 0.05) is 6.92 Å². The van der Waals surface area contributed by atoms with E-state index in [1.165, 1.54) is 6.92 Å². The molecule has 0 bridgehead atoms. The smallest absolute Gasteiger partial charge is 0.235 e. The SMILES string of the molecule is CC(=O)NN(c1ccccc1)C(C)(C)C. The molecule has 15 heavy (non-hydrogen) atoms. The molecule has 1 rings (SSSR count). The van der Waals surface area contributed by atoms with E-state index in [2.05, 4.69) is 26.2 Å².